The van der Waals surface area contributed by atoms with Crippen LogP contribution >= 0.6 is 0 Å². The van der Waals surface area contributed by atoms with E-state index in [1.807, 2.05) is 0 Å². The minimum absolute atomic E-state index is 0.132. The second kappa shape index (κ2) is 5.56. The molecular weight excluding hydrogens is 220 g/mol. The molecule has 0 radical (unpaired) electrons. The van der Waals surface area contributed by atoms with Crippen LogP contribution in [0.2, 0.25) is 0 Å². The number of nitrogens with one attached hydrogen (secondary N) is 1. The lowest BCUT2D eigenvalue weighted by atomic mass is 10.1. The number of rotatable bonds is 3. The van der Waals surface area contributed by atoms with Gasteiger partial charge in [-0.3, -0.25) is 4.79 Å². The number of anilines is 2. The van der Waals surface area contributed by atoms with Crippen LogP contribution in [0.1, 0.15) is 17.3 Å². The number of carbonyl (C=O) groups excluding carboxylic acids is 2. The van der Waals surface area contributed by atoms with Crippen molar-refractivity contribution in [1.82, 2.24) is 0 Å². The zero-order valence-corrected chi connectivity index (χ0v) is 9.32. The Labute approximate surface area is 98.9 Å². The van der Waals surface area contributed by atoms with Gasteiger partial charge in [0.25, 0.3) is 0 Å². The summed E-state index contributed by atoms with van der Waals surface area (Å²) >= 11 is 0. The van der Waals surface area contributed by atoms with E-state index in [1.165, 1.54) is 19.1 Å². The van der Waals surface area contributed by atoms with E-state index in [4.69, 9.17) is 16.9 Å². The molecule has 0 aliphatic heterocycles. The molecule has 5 heteroatoms. The van der Waals surface area contributed by atoms with Crippen LogP contribution in [0.3, 0.4) is 0 Å². The number of nitrogens with two attached hydrogens (primary N) is 1. The fraction of sp³-hybridized carbons (Fsp3) is 0.167. The van der Waals surface area contributed by atoms with E-state index in [1.54, 1.807) is 6.07 Å². The molecule has 0 heterocycles. The number of carbonyl (C=O) groups is 2. The van der Waals surface area contributed by atoms with Crippen molar-refractivity contribution in [3.8, 4) is 12.3 Å². The highest BCUT2D eigenvalue weighted by atomic mass is 16.5. The van der Waals surface area contributed by atoms with Crippen LogP contribution in [0.4, 0.5) is 11.4 Å². The molecule has 1 rings (SSSR count). The third-order valence-corrected chi connectivity index (χ3v) is 1.86. The zero-order valence-electron chi connectivity index (χ0n) is 9.32. The van der Waals surface area contributed by atoms with Crippen LogP contribution in [-0.2, 0) is 9.53 Å². The number of terminal acetylenes is 1. The lowest BCUT2D eigenvalue weighted by Crippen LogP contribution is -2.13. The number of benzene rings is 1. The molecule has 5 nitrogen and oxygen atoms in total. The van der Waals surface area contributed by atoms with E-state index in [-0.39, 0.29) is 18.1 Å². The van der Waals surface area contributed by atoms with Crippen molar-refractivity contribution >= 4 is 23.3 Å². The van der Waals surface area contributed by atoms with Gasteiger partial charge in [-0.2, -0.15) is 0 Å². The Morgan fingerprint density at radius 1 is 1.53 bits per heavy atom. The third-order valence-electron chi connectivity index (χ3n) is 1.86. The summed E-state index contributed by atoms with van der Waals surface area (Å²) in [5.41, 5.74) is 6.48. The van der Waals surface area contributed by atoms with Gasteiger partial charge in [0.05, 0.1) is 11.3 Å². The van der Waals surface area contributed by atoms with Gasteiger partial charge in [0.1, 0.15) is 0 Å². The molecule has 88 valence electrons. The van der Waals surface area contributed by atoms with Crippen molar-refractivity contribution in [2.75, 3.05) is 17.7 Å². The molecule has 0 saturated carbocycles. The van der Waals surface area contributed by atoms with Gasteiger partial charge in [0.15, 0.2) is 6.61 Å². The number of esters is 1. The number of amides is 1. The predicted molar refractivity (Wildman–Crippen MR) is 64.3 cm³/mol. The highest BCUT2D eigenvalue weighted by molar-refractivity contribution is 6.01. The molecule has 1 aromatic rings. The second-order valence-corrected chi connectivity index (χ2v) is 3.27. The SMILES string of the molecule is C#CCOC(=O)c1cc(N)ccc1NC(C)=O. The van der Waals surface area contributed by atoms with Gasteiger partial charge >= 0.3 is 5.97 Å². The Kier molecular flexibility index (Phi) is 4.12. The quantitative estimate of drug-likeness (QED) is 0.463. The fourth-order valence-corrected chi connectivity index (χ4v) is 1.21. The van der Waals surface area contributed by atoms with E-state index in [2.05, 4.69) is 11.2 Å². The number of ether oxygens (including phenoxy) is 1. The Morgan fingerprint density at radius 3 is 2.82 bits per heavy atom. The van der Waals surface area contributed by atoms with Crippen molar-refractivity contribution in [1.29, 1.82) is 0 Å². The summed E-state index contributed by atoms with van der Waals surface area (Å²) in [6.45, 7) is 1.21. The average molecular weight is 232 g/mol. The molecule has 0 aromatic heterocycles. The van der Waals surface area contributed by atoms with E-state index in [0.717, 1.165) is 0 Å². The first kappa shape index (κ1) is 12.6. The Bertz CT molecular complexity index is 489. The minimum Gasteiger partial charge on any atom is -0.449 e. The molecule has 0 unspecified atom stereocenters. The average Bonchev–Trinajstić information content (AvgIpc) is 2.27. The molecule has 0 atom stereocenters. The van der Waals surface area contributed by atoms with E-state index in [0.29, 0.717) is 11.4 Å². The minimum atomic E-state index is -0.626. The smallest absolute Gasteiger partial charge is 0.341 e. The number of hydrogen-bond donors (Lipinski definition) is 2. The Hall–Kier alpha value is -2.48. The summed E-state index contributed by atoms with van der Waals surface area (Å²) in [6.07, 6.45) is 4.98. The molecule has 0 aliphatic rings. The molecule has 0 spiro atoms. The molecule has 3 N–H and O–H groups in total. The van der Waals surface area contributed by atoms with E-state index in [9.17, 15) is 9.59 Å². The van der Waals surface area contributed by atoms with Gasteiger partial charge in [-0.15, -0.1) is 6.42 Å². The lowest BCUT2D eigenvalue weighted by molar-refractivity contribution is -0.114. The molecule has 0 saturated heterocycles. The van der Waals surface area contributed by atoms with Crippen molar-refractivity contribution in [2.24, 2.45) is 0 Å². The Balaban J connectivity index is 3.02. The van der Waals surface area contributed by atoms with Crippen LogP contribution in [-0.4, -0.2) is 18.5 Å². The van der Waals surface area contributed by atoms with Gasteiger partial charge in [-0.25, -0.2) is 4.79 Å². The van der Waals surface area contributed by atoms with Crippen molar-refractivity contribution < 1.29 is 14.3 Å². The first-order valence-corrected chi connectivity index (χ1v) is 4.82. The summed E-state index contributed by atoms with van der Waals surface area (Å²) in [5, 5.41) is 2.51. The van der Waals surface area contributed by atoms with Crippen LogP contribution < -0.4 is 11.1 Å². The van der Waals surface area contributed by atoms with Gasteiger partial charge in [-0.1, -0.05) is 5.92 Å². The molecule has 0 bridgehead atoms. The second-order valence-electron chi connectivity index (χ2n) is 3.27. The lowest BCUT2D eigenvalue weighted by Gasteiger charge is -2.09. The van der Waals surface area contributed by atoms with Crippen molar-refractivity contribution in [3.63, 3.8) is 0 Å². The number of nitrogen functional groups attached to an aromatic ring is 1. The maximum absolute atomic E-state index is 11.6. The first-order valence-electron chi connectivity index (χ1n) is 4.82. The highest BCUT2D eigenvalue weighted by Gasteiger charge is 2.13. The fourth-order valence-electron chi connectivity index (χ4n) is 1.21. The summed E-state index contributed by atoms with van der Waals surface area (Å²) in [5.74, 6) is 1.26. The van der Waals surface area contributed by atoms with Gasteiger partial charge in [-0.05, 0) is 18.2 Å². The van der Waals surface area contributed by atoms with Crippen LogP contribution in [0.15, 0.2) is 18.2 Å². The monoisotopic (exact) mass is 232 g/mol. The number of hydrogen-bond acceptors (Lipinski definition) is 4. The van der Waals surface area contributed by atoms with Gasteiger partial charge in [0, 0.05) is 12.6 Å². The summed E-state index contributed by atoms with van der Waals surface area (Å²) in [7, 11) is 0. The third kappa shape index (κ3) is 3.54. The normalized spacial score (nSPS) is 9.18. The van der Waals surface area contributed by atoms with Crippen LogP contribution in [0.25, 0.3) is 0 Å². The van der Waals surface area contributed by atoms with Crippen LogP contribution in [0, 0.1) is 12.3 Å². The molecule has 17 heavy (non-hydrogen) atoms. The molecule has 1 aromatic carbocycles. The van der Waals surface area contributed by atoms with Gasteiger partial charge in [0.2, 0.25) is 5.91 Å². The molecule has 0 fully saturated rings. The largest absolute Gasteiger partial charge is 0.449 e. The van der Waals surface area contributed by atoms with E-state index < -0.39 is 5.97 Å². The standard InChI is InChI=1S/C12H12N2O3/c1-3-6-17-12(16)10-7-9(13)4-5-11(10)14-8(2)15/h1,4-5,7H,6,13H2,2H3,(H,14,15). The summed E-state index contributed by atoms with van der Waals surface area (Å²) in [6, 6.07) is 4.52. The topological polar surface area (TPSA) is 81.4 Å². The zero-order chi connectivity index (χ0) is 12.8. The van der Waals surface area contributed by atoms with E-state index >= 15 is 0 Å². The van der Waals surface area contributed by atoms with Crippen molar-refractivity contribution in [2.45, 2.75) is 6.92 Å². The maximum atomic E-state index is 11.6. The highest BCUT2D eigenvalue weighted by Crippen LogP contribution is 2.19. The van der Waals surface area contributed by atoms with Crippen molar-refractivity contribution in [3.05, 3.63) is 23.8 Å². The maximum Gasteiger partial charge on any atom is 0.341 e. The summed E-state index contributed by atoms with van der Waals surface area (Å²) in [4.78, 5) is 22.6. The van der Waals surface area contributed by atoms with Crippen LogP contribution in [0.5, 0.6) is 0 Å². The molecular formula is C12H12N2O3. The summed E-state index contributed by atoms with van der Waals surface area (Å²) < 4.78 is 4.77. The first-order chi connectivity index (χ1) is 8.04. The predicted octanol–water partition coefficient (Wildman–Crippen LogP) is 1.02. The molecule has 0 aliphatic carbocycles. The van der Waals surface area contributed by atoms with Gasteiger partial charge < -0.3 is 15.8 Å². The Morgan fingerprint density at radius 2 is 2.24 bits per heavy atom. The molecule has 1 amide bonds.